The van der Waals surface area contributed by atoms with Gasteiger partial charge in [0.25, 0.3) is 6.47 Å². The van der Waals surface area contributed by atoms with Crippen molar-refractivity contribution >= 4 is 6.47 Å². The third kappa shape index (κ3) is 10.8. The van der Waals surface area contributed by atoms with Crippen LogP contribution >= 0.6 is 0 Å². The molecule has 64 valence electrons. The summed E-state index contributed by atoms with van der Waals surface area (Å²) in [6.07, 6.45) is 6.34. The molecule has 0 heterocycles. The molecule has 0 saturated heterocycles. The molecule has 11 heavy (non-hydrogen) atoms. The van der Waals surface area contributed by atoms with Crippen molar-refractivity contribution in [1.82, 2.24) is 0 Å². The van der Waals surface area contributed by atoms with Crippen molar-refractivity contribution in [2.45, 2.75) is 32.1 Å². The Labute approximate surface area is 101 Å². The fraction of sp³-hybridized carbons (Fsp3) is 0.714. The fourth-order valence-electron chi connectivity index (χ4n) is 0.960. The van der Waals surface area contributed by atoms with Crippen LogP contribution in [0.25, 0.3) is 0 Å². The Bertz CT molecular complexity index is 81.8. The molecule has 0 atom stereocenters. The van der Waals surface area contributed by atoms with E-state index in [1.807, 2.05) is 0 Å². The van der Waals surface area contributed by atoms with Crippen LogP contribution in [0.15, 0.2) is 0 Å². The molecule has 0 amide bonds. The second kappa shape index (κ2) is 10.8. The van der Waals surface area contributed by atoms with Gasteiger partial charge < -0.3 is 10.2 Å². The Morgan fingerprint density at radius 1 is 1.18 bits per heavy atom. The summed E-state index contributed by atoms with van der Waals surface area (Å²) in [6, 6.07) is 0. The number of hydrogen-bond donors (Lipinski definition) is 2. The SMILES string of the molecule is O=CO.O[C-]1CCCCC1.[Ce]. The van der Waals surface area contributed by atoms with E-state index in [-0.39, 0.29) is 48.2 Å². The number of carbonyl (C=O) groups is 1. The molecule has 1 fully saturated rings. The molecule has 3 nitrogen and oxygen atoms in total. The zero-order chi connectivity index (χ0) is 7.82. The summed E-state index contributed by atoms with van der Waals surface area (Å²) in [6.45, 7) is -0.250. The molecule has 0 radical (unpaired) electrons. The smallest absolute Gasteiger partial charge is 0.290 e. The van der Waals surface area contributed by atoms with Gasteiger partial charge in [0.15, 0.2) is 0 Å². The maximum atomic E-state index is 8.83. The zero-order valence-corrected chi connectivity index (χ0v) is 9.56. The molecule has 4 heteroatoms. The van der Waals surface area contributed by atoms with Crippen LogP contribution in [-0.2, 0) is 4.79 Å². The first-order valence-electron chi connectivity index (χ1n) is 3.42. The van der Waals surface area contributed by atoms with E-state index in [4.69, 9.17) is 15.0 Å². The average Bonchev–Trinajstić information content (AvgIpc) is 1.91. The molecule has 1 aliphatic carbocycles. The average molecular weight is 285 g/mol. The molecular weight excluding hydrogens is 272 g/mol. The number of rotatable bonds is 0. The van der Waals surface area contributed by atoms with Crippen LogP contribution < -0.4 is 0 Å². The molecule has 2 N–H and O–H groups in total. The summed E-state index contributed by atoms with van der Waals surface area (Å²) < 4.78 is 0. The van der Waals surface area contributed by atoms with Crippen LogP contribution in [0.3, 0.4) is 0 Å². The van der Waals surface area contributed by atoms with E-state index in [1.165, 1.54) is 19.3 Å². The summed E-state index contributed by atoms with van der Waals surface area (Å²) in [5.74, 6) is 0. The van der Waals surface area contributed by atoms with E-state index in [0.717, 1.165) is 12.8 Å². The fourth-order valence-corrected chi connectivity index (χ4v) is 0.960. The summed E-state index contributed by atoms with van der Waals surface area (Å²) in [5.41, 5.74) is 0. The van der Waals surface area contributed by atoms with E-state index >= 15 is 0 Å². The maximum Gasteiger partial charge on any atom is 0.290 e. The molecule has 0 spiro atoms. The Balaban J connectivity index is 0. The molecule has 0 aromatic carbocycles. The van der Waals surface area contributed by atoms with Crippen LogP contribution in [0.2, 0.25) is 0 Å². The number of aliphatic hydroxyl groups is 1. The number of aliphatic hydroxyl groups excluding tert-OH is 1. The second-order valence-electron chi connectivity index (χ2n) is 2.23. The summed E-state index contributed by atoms with van der Waals surface area (Å²) in [5, 5.41) is 15.7. The summed E-state index contributed by atoms with van der Waals surface area (Å²) in [7, 11) is 0. The van der Waals surface area contributed by atoms with Gasteiger partial charge in [-0.2, -0.15) is 12.8 Å². The topological polar surface area (TPSA) is 57.5 Å². The Morgan fingerprint density at radius 3 is 1.73 bits per heavy atom. The van der Waals surface area contributed by atoms with Gasteiger partial charge >= 0.3 is 0 Å². The Hall–Kier alpha value is 0.807. The minimum absolute atomic E-state index is 0. The molecular formula is C7H13CeO3-. The van der Waals surface area contributed by atoms with E-state index < -0.39 is 0 Å². The van der Waals surface area contributed by atoms with E-state index in [9.17, 15) is 0 Å². The van der Waals surface area contributed by atoms with Crippen LogP contribution in [0.5, 0.6) is 0 Å². The first kappa shape index (κ1) is 14.3. The van der Waals surface area contributed by atoms with E-state index in [1.54, 1.807) is 0 Å². The standard InChI is InChI=1S/C6H11O.CH2O2.Ce/c7-6-4-2-1-3-5-6;2-1-3;/h7H,1-5H2;1H,(H,2,3);/q-1;;. The second-order valence-corrected chi connectivity index (χ2v) is 2.23. The van der Waals surface area contributed by atoms with Gasteiger partial charge in [-0.25, -0.2) is 6.10 Å². The van der Waals surface area contributed by atoms with Crippen molar-refractivity contribution in [2.75, 3.05) is 0 Å². The van der Waals surface area contributed by atoms with Gasteiger partial charge in [-0.05, 0) is 0 Å². The zero-order valence-electron chi connectivity index (χ0n) is 6.42. The summed E-state index contributed by atoms with van der Waals surface area (Å²) >= 11 is 0. The molecule has 0 unspecified atom stereocenters. The quantitative estimate of drug-likeness (QED) is 0.524. The van der Waals surface area contributed by atoms with E-state index in [2.05, 4.69) is 0 Å². The third-order valence-electron chi connectivity index (χ3n) is 1.43. The van der Waals surface area contributed by atoms with Crippen molar-refractivity contribution in [2.24, 2.45) is 0 Å². The molecule has 1 saturated carbocycles. The van der Waals surface area contributed by atoms with Gasteiger partial charge in [-0.15, -0.1) is 0 Å². The van der Waals surface area contributed by atoms with Crippen molar-refractivity contribution in [3.05, 3.63) is 6.10 Å². The van der Waals surface area contributed by atoms with Crippen molar-refractivity contribution in [3.63, 3.8) is 0 Å². The predicted molar refractivity (Wildman–Crippen MR) is 37.0 cm³/mol. The predicted octanol–water partition coefficient (Wildman–Crippen LogP) is 1.56. The molecule has 0 bridgehead atoms. The van der Waals surface area contributed by atoms with Gasteiger partial charge in [-0.3, -0.25) is 4.79 Å². The van der Waals surface area contributed by atoms with E-state index in [0.29, 0.717) is 6.10 Å². The number of hydrogen-bond acceptors (Lipinski definition) is 2. The van der Waals surface area contributed by atoms with Gasteiger partial charge in [-0.1, -0.05) is 19.3 Å². The van der Waals surface area contributed by atoms with Gasteiger partial charge in [0.05, 0.1) is 0 Å². The summed E-state index contributed by atoms with van der Waals surface area (Å²) in [4.78, 5) is 8.36. The largest absolute Gasteiger partial charge is 0.563 e. The van der Waals surface area contributed by atoms with Gasteiger partial charge in [0, 0.05) is 41.7 Å². The molecule has 0 aromatic heterocycles. The molecule has 1 aliphatic rings. The first-order valence-corrected chi connectivity index (χ1v) is 3.42. The van der Waals surface area contributed by atoms with Crippen LogP contribution in [-0.4, -0.2) is 16.7 Å². The van der Waals surface area contributed by atoms with Gasteiger partial charge in [0.1, 0.15) is 0 Å². The molecule has 0 aromatic rings. The van der Waals surface area contributed by atoms with Gasteiger partial charge in [0.2, 0.25) is 0 Å². The van der Waals surface area contributed by atoms with Crippen LogP contribution in [0.4, 0.5) is 0 Å². The van der Waals surface area contributed by atoms with Crippen molar-refractivity contribution in [1.29, 1.82) is 0 Å². The minimum atomic E-state index is -0.250. The number of carboxylic acid groups (broad SMARTS) is 1. The molecule has 0 aliphatic heterocycles. The van der Waals surface area contributed by atoms with Crippen molar-refractivity contribution < 1.29 is 56.8 Å². The Kier molecular flexibility index (Phi) is 14.1. The van der Waals surface area contributed by atoms with Crippen LogP contribution in [0.1, 0.15) is 32.1 Å². The minimum Gasteiger partial charge on any atom is -0.563 e. The van der Waals surface area contributed by atoms with Crippen LogP contribution in [0, 0.1) is 47.9 Å². The molecule has 1 rings (SSSR count). The maximum absolute atomic E-state index is 8.83. The first-order chi connectivity index (χ1) is 4.81. The Morgan fingerprint density at radius 2 is 1.55 bits per heavy atom. The van der Waals surface area contributed by atoms with Crippen molar-refractivity contribution in [3.8, 4) is 0 Å². The monoisotopic (exact) mass is 285 g/mol. The normalized spacial score (nSPS) is 17.2. The third-order valence-corrected chi connectivity index (χ3v) is 1.43.